The molecule has 1 aromatic rings. The van der Waals surface area contributed by atoms with Crippen LogP contribution >= 0.6 is 0 Å². The highest BCUT2D eigenvalue weighted by atomic mass is 15.4. The fourth-order valence-electron chi connectivity index (χ4n) is 4.10. The molecule has 0 aliphatic carbocycles. The number of hydrogen-bond donors (Lipinski definition) is 1. The Morgan fingerprint density at radius 1 is 1.14 bits per heavy atom. The number of rotatable bonds is 4. The molecule has 120 valence electrons. The molecule has 5 heteroatoms. The third-order valence-electron chi connectivity index (χ3n) is 5.55. The van der Waals surface area contributed by atoms with Gasteiger partial charge in [0, 0.05) is 43.6 Å². The Morgan fingerprint density at radius 2 is 1.77 bits per heavy atom. The predicted molar refractivity (Wildman–Crippen MR) is 88.1 cm³/mol. The van der Waals surface area contributed by atoms with Gasteiger partial charge in [-0.15, -0.1) is 0 Å². The quantitative estimate of drug-likeness (QED) is 0.908. The van der Waals surface area contributed by atoms with Crippen molar-refractivity contribution in [2.75, 3.05) is 31.1 Å². The Kier molecular flexibility index (Phi) is 3.78. The van der Waals surface area contributed by atoms with E-state index in [1.165, 1.54) is 18.4 Å². The molecule has 4 rings (SSSR count). The maximum atomic E-state index is 4.70. The maximum Gasteiger partial charge on any atom is 0.225 e. The molecule has 2 bridgehead atoms. The largest absolute Gasteiger partial charge is 0.332 e. The number of likely N-dealkylation sites (tertiary alicyclic amines) is 1. The third kappa shape index (κ3) is 2.61. The highest BCUT2D eigenvalue weighted by Gasteiger charge is 2.41. The van der Waals surface area contributed by atoms with E-state index in [-0.39, 0.29) is 0 Å². The van der Waals surface area contributed by atoms with Crippen LogP contribution in [0, 0.1) is 5.92 Å². The zero-order chi connectivity index (χ0) is 15.1. The fourth-order valence-corrected chi connectivity index (χ4v) is 4.10. The predicted octanol–water partition coefficient (Wildman–Crippen LogP) is 1.30. The van der Waals surface area contributed by atoms with Crippen LogP contribution in [-0.4, -0.2) is 59.2 Å². The van der Waals surface area contributed by atoms with Gasteiger partial charge >= 0.3 is 0 Å². The second-order valence-corrected chi connectivity index (χ2v) is 7.46. The summed E-state index contributed by atoms with van der Waals surface area (Å²) in [7, 11) is 0. The monoisotopic (exact) mass is 301 g/mol. The van der Waals surface area contributed by atoms with Crippen molar-refractivity contribution >= 4 is 5.95 Å². The van der Waals surface area contributed by atoms with Gasteiger partial charge < -0.3 is 10.2 Å². The van der Waals surface area contributed by atoms with Gasteiger partial charge in [0.25, 0.3) is 0 Å². The highest BCUT2D eigenvalue weighted by molar-refractivity contribution is 5.38. The summed E-state index contributed by atoms with van der Waals surface area (Å²) in [6, 6.07) is 1.84. The number of piperazine rings is 1. The summed E-state index contributed by atoms with van der Waals surface area (Å²) in [4.78, 5) is 14.5. The van der Waals surface area contributed by atoms with E-state index in [9.17, 15) is 0 Å². The number of fused-ring (bicyclic) bond motifs is 2. The van der Waals surface area contributed by atoms with Crippen LogP contribution in [0.25, 0.3) is 0 Å². The van der Waals surface area contributed by atoms with Crippen molar-refractivity contribution in [3.63, 3.8) is 0 Å². The molecule has 0 saturated carbocycles. The first-order valence-electron chi connectivity index (χ1n) is 8.74. The lowest BCUT2D eigenvalue weighted by Crippen LogP contribution is -2.56. The second kappa shape index (κ2) is 5.78. The Morgan fingerprint density at radius 3 is 2.27 bits per heavy atom. The minimum Gasteiger partial charge on any atom is -0.332 e. The topological polar surface area (TPSA) is 44.3 Å². The fraction of sp³-hybridized carbons (Fsp3) is 0.765. The standard InChI is InChI=1S/C17H27N5/c1-12(2)21-10-15-3-4-16(11-21)22(15)17-19-8-14(9-20-17)5-13-6-18-7-13/h8-9,12-13,15-16,18H,3-7,10-11H2,1-2H3. The summed E-state index contributed by atoms with van der Waals surface area (Å²) in [6.45, 7) is 9.21. The van der Waals surface area contributed by atoms with E-state index in [4.69, 9.17) is 9.97 Å². The summed E-state index contributed by atoms with van der Waals surface area (Å²) in [5.41, 5.74) is 1.28. The molecule has 4 heterocycles. The minimum absolute atomic E-state index is 0.600. The molecule has 22 heavy (non-hydrogen) atoms. The first-order chi connectivity index (χ1) is 10.7. The van der Waals surface area contributed by atoms with Crippen LogP contribution in [0.3, 0.4) is 0 Å². The third-order valence-corrected chi connectivity index (χ3v) is 5.55. The number of hydrogen-bond acceptors (Lipinski definition) is 5. The van der Waals surface area contributed by atoms with Crippen molar-refractivity contribution in [3.8, 4) is 0 Å². The number of nitrogens with zero attached hydrogens (tertiary/aromatic N) is 4. The molecule has 5 nitrogen and oxygen atoms in total. The summed E-state index contributed by atoms with van der Waals surface area (Å²) in [6.07, 6.45) is 7.78. The van der Waals surface area contributed by atoms with Gasteiger partial charge in [0.2, 0.25) is 5.95 Å². The lowest BCUT2D eigenvalue weighted by molar-refractivity contribution is 0.176. The lowest BCUT2D eigenvalue weighted by Gasteiger charge is -2.42. The molecule has 0 aromatic carbocycles. The zero-order valence-corrected chi connectivity index (χ0v) is 13.7. The minimum atomic E-state index is 0.600. The molecule has 3 fully saturated rings. The molecule has 1 aromatic heterocycles. The Labute approximate surface area is 133 Å². The first-order valence-corrected chi connectivity index (χ1v) is 8.74. The Balaban J connectivity index is 1.45. The van der Waals surface area contributed by atoms with Crippen molar-refractivity contribution in [3.05, 3.63) is 18.0 Å². The highest BCUT2D eigenvalue weighted by Crippen LogP contribution is 2.33. The smallest absolute Gasteiger partial charge is 0.225 e. The van der Waals surface area contributed by atoms with Crippen molar-refractivity contribution in [2.45, 2.75) is 51.2 Å². The van der Waals surface area contributed by atoms with Crippen LogP contribution in [-0.2, 0) is 6.42 Å². The molecule has 3 aliphatic heterocycles. The summed E-state index contributed by atoms with van der Waals surface area (Å²) < 4.78 is 0. The summed E-state index contributed by atoms with van der Waals surface area (Å²) in [5, 5.41) is 3.32. The van der Waals surface area contributed by atoms with E-state index >= 15 is 0 Å². The molecule has 2 atom stereocenters. The molecule has 0 radical (unpaired) electrons. The molecule has 2 unspecified atom stereocenters. The van der Waals surface area contributed by atoms with Gasteiger partial charge in [-0.2, -0.15) is 0 Å². The van der Waals surface area contributed by atoms with E-state index in [1.54, 1.807) is 0 Å². The van der Waals surface area contributed by atoms with Crippen LogP contribution < -0.4 is 10.2 Å². The van der Waals surface area contributed by atoms with Gasteiger partial charge in [0.1, 0.15) is 0 Å². The lowest BCUT2D eigenvalue weighted by atomic mass is 9.96. The van der Waals surface area contributed by atoms with E-state index < -0.39 is 0 Å². The zero-order valence-electron chi connectivity index (χ0n) is 13.7. The van der Waals surface area contributed by atoms with Gasteiger partial charge in [-0.3, -0.25) is 4.90 Å². The second-order valence-electron chi connectivity index (χ2n) is 7.46. The summed E-state index contributed by atoms with van der Waals surface area (Å²) in [5.74, 6) is 1.73. The van der Waals surface area contributed by atoms with Crippen molar-refractivity contribution < 1.29 is 0 Å². The molecule has 0 spiro atoms. The number of aromatic nitrogens is 2. The van der Waals surface area contributed by atoms with Gasteiger partial charge in [0.15, 0.2) is 0 Å². The first kappa shape index (κ1) is 14.4. The van der Waals surface area contributed by atoms with E-state index in [0.29, 0.717) is 18.1 Å². The van der Waals surface area contributed by atoms with Crippen LogP contribution in [0.1, 0.15) is 32.3 Å². The van der Waals surface area contributed by atoms with Crippen LogP contribution in [0.2, 0.25) is 0 Å². The molecular weight excluding hydrogens is 274 g/mol. The molecule has 1 N–H and O–H groups in total. The average Bonchev–Trinajstić information content (AvgIpc) is 2.73. The van der Waals surface area contributed by atoms with Crippen molar-refractivity contribution in [2.24, 2.45) is 5.92 Å². The number of anilines is 1. The van der Waals surface area contributed by atoms with Crippen molar-refractivity contribution in [1.82, 2.24) is 20.2 Å². The van der Waals surface area contributed by atoms with Gasteiger partial charge in [-0.1, -0.05) is 0 Å². The Bertz CT molecular complexity index is 496. The van der Waals surface area contributed by atoms with Gasteiger partial charge in [0.05, 0.1) is 0 Å². The molecule has 3 aliphatic rings. The maximum absolute atomic E-state index is 4.70. The number of nitrogens with one attached hydrogen (secondary N) is 1. The van der Waals surface area contributed by atoms with Gasteiger partial charge in [-0.25, -0.2) is 9.97 Å². The van der Waals surface area contributed by atoms with Crippen LogP contribution in [0.15, 0.2) is 12.4 Å². The van der Waals surface area contributed by atoms with Crippen LogP contribution in [0.5, 0.6) is 0 Å². The Hall–Kier alpha value is -1.20. The van der Waals surface area contributed by atoms with Crippen LogP contribution in [0.4, 0.5) is 5.95 Å². The van der Waals surface area contributed by atoms with E-state index in [0.717, 1.165) is 44.5 Å². The molecule has 0 amide bonds. The van der Waals surface area contributed by atoms with E-state index in [2.05, 4.69) is 41.4 Å². The summed E-state index contributed by atoms with van der Waals surface area (Å²) >= 11 is 0. The van der Waals surface area contributed by atoms with E-state index in [1.807, 2.05) is 0 Å². The van der Waals surface area contributed by atoms with Crippen molar-refractivity contribution in [1.29, 1.82) is 0 Å². The average molecular weight is 301 g/mol. The van der Waals surface area contributed by atoms with Gasteiger partial charge in [-0.05, 0) is 57.7 Å². The molecular formula is C17H27N5. The SMILES string of the molecule is CC(C)N1CC2CCC(C1)N2c1ncc(CC2CNC2)cn1. The normalized spacial score (nSPS) is 29.1. The molecule has 3 saturated heterocycles.